The highest BCUT2D eigenvalue weighted by molar-refractivity contribution is 7.92. The van der Waals surface area contributed by atoms with Crippen LogP contribution in [0, 0.1) is 5.82 Å². The Morgan fingerprint density at radius 1 is 1.00 bits per heavy atom. The highest BCUT2D eigenvalue weighted by Crippen LogP contribution is 2.32. The summed E-state index contributed by atoms with van der Waals surface area (Å²) in [5.74, 6) is 0.182. The van der Waals surface area contributed by atoms with Crippen molar-refractivity contribution in [1.29, 1.82) is 0 Å². The maximum absolute atomic E-state index is 13.8. The molecule has 0 radical (unpaired) electrons. The Hall–Kier alpha value is -3.59. The monoisotopic (exact) mass is 456 g/mol. The van der Waals surface area contributed by atoms with Crippen molar-refractivity contribution < 1.29 is 27.1 Å². The van der Waals surface area contributed by atoms with Crippen molar-refractivity contribution >= 4 is 21.6 Å². The summed E-state index contributed by atoms with van der Waals surface area (Å²) >= 11 is 0. The molecule has 0 atom stereocenters. The number of benzene rings is 3. The number of ether oxygens (including phenoxy) is 2. The number of rotatable bonds is 6. The molecule has 1 heterocycles. The molecule has 3 aromatic rings. The van der Waals surface area contributed by atoms with Crippen LogP contribution in [0.25, 0.3) is 0 Å². The molecule has 1 aliphatic heterocycles. The van der Waals surface area contributed by atoms with Gasteiger partial charge in [-0.05, 0) is 42.5 Å². The van der Waals surface area contributed by atoms with Crippen LogP contribution in [0.5, 0.6) is 11.5 Å². The summed E-state index contributed by atoms with van der Waals surface area (Å²) in [4.78, 5) is 14.1. The summed E-state index contributed by atoms with van der Waals surface area (Å²) in [5, 5.41) is 0. The lowest BCUT2D eigenvalue weighted by molar-refractivity contribution is 0.0784. The van der Waals surface area contributed by atoms with Crippen molar-refractivity contribution in [2.75, 3.05) is 25.0 Å². The van der Waals surface area contributed by atoms with Crippen molar-refractivity contribution in [2.24, 2.45) is 0 Å². The Morgan fingerprint density at radius 2 is 1.69 bits per heavy atom. The van der Waals surface area contributed by atoms with Crippen LogP contribution in [0.15, 0.2) is 71.6 Å². The number of nitrogens with one attached hydrogen (secondary N) is 1. The number of amides is 1. The third-order valence-corrected chi connectivity index (χ3v) is 6.30. The number of sulfonamides is 1. The number of fused-ring (bicyclic) bond motifs is 1. The molecule has 3 aromatic carbocycles. The Morgan fingerprint density at radius 3 is 2.41 bits per heavy atom. The summed E-state index contributed by atoms with van der Waals surface area (Å²) < 4.78 is 52.6. The maximum atomic E-state index is 13.8. The molecule has 1 N–H and O–H groups in total. The third-order valence-electron chi connectivity index (χ3n) is 4.92. The molecule has 0 bridgehead atoms. The van der Waals surface area contributed by atoms with Gasteiger partial charge >= 0.3 is 0 Å². The molecule has 0 aliphatic carbocycles. The summed E-state index contributed by atoms with van der Waals surface area (Å²) in [6.07, 6.45) is 0. The van der Waals surface area contributed by atoms with Gasteiger partial charge in [-0.3, -0.25) is 9.52 Å². The lowest BCUT2D eigenvalue weighted by atomic mass is 10.1. The normalized spacial score (nSPS) is 12.8. The molecule has 0 unspecified atom stereocenters. The lowest BCUT2D eigenvalue weighted by Crippen LogP contribution is -2.26. The molecular formula is C23H21FN2O5S. The van der Waals surface area contributed by atoms with Gasteiger partial charge in [-0.2, -0.15) is 0 Å². The molecule has 0 fully saturated rings. The highest BCUT2D eigenvalue weighted by atomic mass is 32.2. The topological polar surface area (TPSA) is 84.9 Å². The first-order valence-corrected chi connectivity index (χ1v) is 11.3. The molecule has 0 saturated heterocycles. The van der Waals surface area contributed by atoms with Gasteiger partial charge in [-0.25, -0.2) is 12.8 Å². The molecule has 32 heavy (non-hydrogen) atoms. The van der Waals surface area contributed by atoms with Crippen LogP contribution >= 0.6 is 0 Å². The zero-order valence-electron chi connectivity index (χ0n) is 17.2. The van der Waals surface area contributed by atoms with Crippen LogP contribution in [0.2, 0.25) is 0 Å². The van der Waals surface area contributed by atoms with Crippen molar-refractivity contribution in [1.82, 2.24) is 4.90 Å². The fraction of sp³-hybridized carbons (Fsp3) is 0.174. The van der Waals surface area contributed by atoms with Gasteiger partial charge in [-0.15, -0.1) is 0 Å². The first-order chi connectivity index (χ1) is 15.3. The van der Waals surface area contributed by atoms with Gasteiger partial charge in [0.25, 0.3) is 15.9 Å². The molecule has 9 heteroatoms. The average Bonchev–Trinajstić information content (AvgIpc) is 2.80. The number of halogens is 1. The summed E-state index contributed by atoms with van der Waals surface area (Å²) in [6.45, 7) is 0.882. The highest BCUT2D eigenvalue weighted by Gasteiger charge is 2.20. The Balaban J connectivity index is 1.45. The minimum atomic E-state index is -3.86. The van der Waals surface area contributed by atoms with Gasteiger partial charge in [-0.1, -0.05) is 18.2 Å². The minimum absolute atomic E-state index is 0.0338. The summed E-state index contributed by atoms with van der Waals surface area (Å²) in [6, 6.07) is 16.7. The third kappa shape index (κ3) is 4.67. The molecule has 7 nitrogen and oxygen atoms in total. The molecule has 166 valence electrons. The minimum Gasteiger partial charge on any atom is -0.486 e. The number of anilines is 1. The molecule has 0 saturated carbocycles. The predicted octanol–water partition coefficient (Wildman–Crippen LogP) is 3.67. The van der Waals surface area contributed by atoms with Gasteiger partial charge in [0, 0.05) is 36.5 Å². The Kier molecular flexibility index (Phi) is 6.00. The molecule has 0 aromatic heterocycles. The maximum Gasteiger partial charge on any atom is 0.262 e. The van der Waals surface area contributed by atoms with Crippen LogP contribution < -0.4 is 14.2 Å². The van der Waals surface area contributed by atoms with E-state index < -0.39 is 10.0 Å². The standard InChI is InChI=1S/C23H21FN2O5S/c1-26(15-17-4-2-3-5-20(17)24)23(27)16-6-8-18(9-7-16)25-32(28,29)19-10-11-21-22(14-19)31-13-12-30-21/h2-11,14,25H,12-13,15H2,1H3. The van der Waals surface area contributed by atoms with Gasteiger partial charge in [0.1, 0.15) is 19.0 Å². The van der Waals surface area contributed by atoms with E-state index in [-0.39, 0.29) is 23.2 Å². The second-order valence-corrected chi connectivity index (χ2v) is 8.92. The molecule has 1 aliphatic rings. The van der Waals surface area contributed by atoms with E-state index in [0.717, 1.165) is 0 Å². The van der Waals surface area contributed by atoms with E-state index in [1.807, 2.05) is 0 Å². The number of hydrogen-bond donors (Lipinski definition) is 1. The fourth-order valence-electron chi connectivity index (χ4n) is 3.26. The number of nitrogens with zero attached hydrogens (tertiary/aromatic N) is 1. The predicted molar refractivity (Wildman–Crippen MR) is 117 cm³/mol. The quantitative estimate of drug-likeness (QED) is 0.612. The molecule has 1 amide bonds. The zero-order valence-corrected chi connectivity index (χ0v) is 18.1. The average molecular weight is 456 g/mol. The fourth-order valence-corrected chi connectivity index (χ4v) is 4.33. The van der Waals surface area contributed by atoms with Crippen molar-refractivity contribution in [3.8, 4) is 11.5 Å². The van der Waals surface area contributed by atoms with Crippen LogP contribution in [0.3, 0.4) is 0 Å². The van der Waals surface area contributed by atoms with Crippen molar-refractivity contribution in [3.63, 3.8) is 0 Å². The SMILES string of the molecule is CN(Cc1ccccc1F)C(=O)c1ccc(NS(=O)(=O)c2ccc3c(c2)OCCO3)cc1. The van der Waals surface area contributed by atoms with Crippen LogP contribution in [-0.4, -0.2) is 39.5 Å². The van der Waals surface area contributed by atoms with Gasteiger partial charge < -0.3 is 14.4 Å². The van der Waals surface area contributed by atoms with E-state index in [9.17, 15) is 17.6 Å². The summed E-state index contributed by atoms with van der Waals surface area (Å²) in [5.41, 5.74) is 1.06. The van der Waals surface area contributed by atoms with Gasteiger partial charge in [0.2, 0.25) is 0 Å². The van der Waals surface area contributed by atoms with E-state index in [4.69, 9.17) is 9.47 Å². The number of carbonyl (C=O) groups is 1. The lowest BCUT2D eigenvalue weighted by Gasteiger charge is -2.19. The Bertz CT molecular complexity index is 1250. The molecular weight excluding hydrogens is 435 g/mol. The van der Waals surface area contributed by atoms with E-state index in [2.05, 4.69) is 4.72 Å². The number of hydrogen-bond acceptors (Lipinski definition) is 5. The van der Waals surface area contributed by atoms with E-state index in [1.165, 1.54) is 47.4 Å². The van der Waals surface area contributed by atoms with Crippen molar-refractivity contribution in [2.45, 2.75) is 11.4 Å². The number of carbonyl (C=O) groups excluding carboxylic acids is 1. The van der Waals surface area contributed by atoms with Gasteiger partial charge in [0.15, 0.2) is 11.5 Å². The van der Waals surface area contributed by atoms with E-state index in [0.29, 0.717) is 41.5 Å². The second kappa shape index (κ2) is 8.88. The largest absolute Gasteiger partial charge is 0.486 e. The second-order valence-electron chi connectivity index (χ2n) is 7.24. The van der Waals surface area contributed by atoms with Crippen LogP contribution in [0.4, 0.5) is 10.1 Å². The zero-order chi connectivity index (χ0) is 22.7. The van der Waals surface area contributed by atoms with Crippen LogP contribution in [-0.2, 0) is 16.6 Å². The van der Waals surface area contributed by atoms with E-state index in [1.54, 1.807) is 31.3 Å². The first-order valence-electron chi connectivity index (χ1n) is 9.85. The van der Waals surface area contributed by atoms with E-state index >= 15 is 0 Å². The van der Waals surface area contributed by atoms with Crippen molar-refractivity contribution in [3.05, 3.63) is 83.7 Å². The molecule has 4 rings (SSSR count). The van der Waals surface area contributed by atoms with Crippen LogP contribution in [0.1, 0.15) is 15.9 Å². The Labute approximate surface area is 185 Å². The first kappa shape index (κ1) is 21.6. The molecule has 0 spiro atoms. The smallest absolute Gasteiger partial charge is 0.262 e. The summed E-state index contributed by atoms with van der Waals surface area (Å²) in [7, 11) is -2.29. The van der Waals surface area contributed by atoms with Gasteiger partial charge in [0.05, 0.1) is 4.90 Å².